The van der Waals surface area contributed by atoms with Crippen molar-refractivity contribution in [2.45, 2.75) is 66.6 Å². The van der Waals surface area contributed by atoms with Crippen molar-refractivity contribution in [3.63, 3.8) is 0 Å². The molecule has 0 aromatic heterocycles. The minimum Gasteiger partial charge on any atom is -0.490 e. The molecule has 0 N–H and O–H groups in total. The fourth-order valence-electron chi connectivity index (χ4n) is 2.06. The van der Waals surface area contributed by atoms with Crippen LogP contribution in [0.2, 0.25) is 0 Å². The maximum absolute atomic E-state index is 11.0. The van der Waals surface area contributed by atoms with Gasteiger partial charge >= 0.3 is 12.8 Å². The Hall–Kier alpha value is -1.60. The smallest absolute Gasteiger partial charge is 0.490 e. The summed E-state index contributed by atoms with van der Waals surface area (Å²) in [6, 6.07) is 4.71. The lowest BCUT2D eigenvalue weighted by molar-refractivity contribution is -0.385. The first-order valence-corrected chi connectivity index (χ1v) is 8.36. The topological polar surface area (TPSA) is 70.8 Å². The molecule has 7 heteroatoms. The Morgan fingerprint density at radius 1 is 1.04 bits per heavy atom. The molecule has 24 heavy (non-hydrogen) atoms. The van der Waals surface area contributed by atoms with Crippen LogP contribution < -0.4 is 10.2 Å². The van der Waals surface area contributed by atoms with Gasteiger partial charge in [0.05, 0.1) is 23.2 Å². The molecule has 6 nitrogen and oxygen atoms in total. The van der Waals surface area contributed by atoms with Crippen LogP contribution in [-0.4, -0.2) is 30.4 Å². The minimum absolute atomic E-state index is 0.0975. The largest absolute Gasteiger partial charge is 0.498 e. The van der Waals surface area contributed by atoms with Gasteiger partial charge < -0.3 is 14.0 Å². The minimum atomic E-state index is -0.685. The predicted octanol–water partition coefficient (Wildman–Crippen LogP) is 3.96. The summed E-state index contributed by atoms with van der Waals surface area (Å²) in [5.41, 5.74) is -0.583. The molecule has 0 atom stereocenters. The third kappa shape index (κ3) is 4.48. The van der Waals surface area contributed by atoms with Gasteiger partial charge in [-0.25, -0.2) is 0 Å². The Morgan fingerprint density at radius 2 is 1.50 bits per heavy atom. The molecule has 2 rings (SSSR count). The van der Waals surface area contributed by atoms with E-state index in [2.05, 4.69) is 0 Å². The number of methoxy groups -OCH3 is 1. The molecule has 0 radical (unpaired) electrons. The third-order valence-electron chi connectivity index (χ3n) is 3.93. The van der Waals surface area contributed by atoms with Gasteiger partial charge in [-0.3, -0.25) is 10.1 Å². The maximum Gasteiger partial charge on any atom is 0.498 e. The van der Waals surface area contributed by atoms with Crippen molar-refractivity contribution in [3.05, 3.63) is 28.3 Å². The quantitative estimate of drug-likeness (QED) is 0.474. The van der Waals surface area contributed by atoms with E-state index in [0.29, 0.717) is 5.46 Å². The Labute approximate surface area is 145 Å². The van der Waals surface area contributed by atoms with Crippen molar-refractivity contribution in [3.8, 4) is 5.75 Å². The first-order valence-electron chi connectivity index (χ1n) is 8.36. The van der Waals surface area contributed by atoms with Crippen LogP contribution in [0.3, 0.4) is 0 Å². The molecule has 0 saturated carbocycles. The average molecular weight is 339 g/mol. The van der Waals surface area contributed by atoms with Gasteiger partial charge in [-0.15, -0.1) is 0 Å². The molecule has 0 unspecified atom stereocenters. The van der Waals surface area contributed by atoms with Gasteiger partial charge in [-0.05, 0) is 27.7 Å². The van der Waals surface area contributed by atoms with Gasteiger partial charge in [0.1, 0.15) is 0 Å². The van der Waals surface area contributed by atoms with Crippen molar-refractivity contribution in [2.24, 2.45) is 0 Å². The van der Waals surface area contributed by atoms with E-state index in [1.54, 1.807) is 12.1 Å². The zero-order valence-electron chi connectivity index (χ0n) is 16.3. The van der Waals surface area contributed by atoms with Gasteiger partial charge in [-0.1, -0.05) is 39.8 Å². The molecule has 1 fully saturated rings. The molecular weight excluding hydrogens is 309 g/mol. The van der Waals surface area contributed by atoms with Crippen molar-refractivity contribution >= 4 is 18.3 Å². The second kappa shape index (κ2) is 9.04. The number of rotatable bonds is 3. The molecule has 1 aliphatic heterocycles. The Bertz CT molecular complexity index is 530. The normalized spacial score (nSPS) is 17.1. The van der Waals surface area contributed by atoms with E-state index in [-0.39, 0.29) is 11.4 Å². The number of benzene rings is 1. The van der Waals surface area contributed by atoms with Crippen LogP contribution in [0.5, 0.6) is 5.75 Å². The third-order valence-corrected chi connectivity index (χ3v) is 3.93. The first-order chi connectivity index (χ1) is 11.2. The van der Waals surface area contributed by atoms with Crippen LogP contribution in [0, 0.1) is 10.1 Å². The Kier molecular flexibility index (Phi) is 8.44. The van der Waals surface area contributed by atoms with Crippen molar-refractivity contribution < 1.29 is 19.0 Å². The molecule has 1 saturated heterocycles. The molecule has 136 valence electrons. The summed E-state index contributed by atoms with van der Waals surface area (Å²) in [6.45, 7) is 15.7. The van der Waals surface area contributed by atoms with Crippen LogP contribution in [0.25, 0.3) is 0 Å². The molecular formula is C17H30BNO5. The number of nitrogens with zero attached hydrogens (tertiary/aromatic N) is 1. The molecule has 1 heterocycles. The Balaban J connectivity index is 0.00000123. The predicted molar refractivity (Wildman–Crippen MR) is 98.1 cm³/mol. The summed E-state index contributed by atoms with van der Waals surface area (Å²) in [5, 5.41) is 11.0. The maximum atomic E-state index is 11.0. The van der Waals surface area contributed by atoms with Crippen molar-refractivity contribution in [1.82, 2.24) is 0 Å². The van der Waals surface area contributed by atoms with E-state index in [4.69, 9.17) is 14.0 Å². The summed E-state index contributed by atoms with van der Waals surface area (Å²) in [5.74, 6) is 0.177. The lowest BCUT2D eigenvalue weighted by atomic mass is 9.78. The van der Waals surface area contributed by atoms with Crippen LogP contribution in [0.4, 0.5) is 5.69 Å². The summed E-state index contributed by atoms with van der Waals surface area (Å²) >= 11 is 0. The molecule has 1 aliphatic rings. The second-order valence-corrected chi connectivity index (χ2v) is 5.74. The number of hydrogen-bond donors (Lipinski definition) is 0. The number of nitro groups is 1. The van der Waals surface area contributed by atoms with E-state index >= 15 is 0 Å². The number of ether oxygens (including phenoxy) is 1. The van der Waals surface area contributed by atoms with E-state index < -0.39 is 23.2 Å². The lowest BCUT2D eigenvalue weighted by Crippen LogP contribution is -2.41. The van der Waals surface area contributed by atoms with Crippen molar-refractivity contribution in [2.75, 3.05) is 7.11 Å². The summed E-state index contributed by atoms with van der Waals surface area (Å²) < 4.78 is 17.0. The number of nitro benzene ring substituents is 1. The van der Waals surface area contributed by atoms with Gasteiger partial charge in [0.15, 0.2) is 5.75 Å². The zero-order valence-corrected chi connectivity index (χ0v) is 16.3. The average Bonchev–Trinajstić information content (AvgIpc) is 2.78. The molecule has 0 bridgehead atoms. The van der Waals surface area contributed by atoms with Crippen LogP contribution in [0.1, 0.15) is 55.4 Å². The van der Waals surface area contributed by atoms with Gasteiger partial charge in [0, 0.05) is 11.5 Å². The van der Waals surface area contributed by atoms with Crippen molar-refractivity contribution in [1.29, 1.82) is 0 Å². The van der Waals surface area contributed by atoms with Crippen LogP contribution in [0.15, 0.2) is 18.2 Å². The SMILES string of the molecule is CC.CC.COc1c(B2OC(C)(C)C(C)(C)O2)cccc1[N+](=O)[O-]. The van der Waals surface area contributed by atoms with E-state index in [0.717, 1.165) is 0 Å². The highest BCUT2D eigenvalue weighted by molar-refractivity contribution is 6.63. The Morgan fingerprint density at radius 3 is 1.88 bits per heavy atom. The number of para-hydroxylation sites is 1. The highest BCUT2D eigenvalue weighted by atomic mass is 16.7. The number of hydrogen-bond acceptors (Lipinski definition) is 5. The zero-order chi connectivity index (χ0) is 19.1. The molecule has 0 amide bonds. The summed E-state index contributed by atoms with van der Waals surface area (Å²) in [4.78, 5) is 10.6. The summed E-state index contributed by atoms with van der Waals surface area (Å²) in [7, 11) is 0.715. The molecule has 1 aromatic rings. The second-order valence-electron chi connectivity index (χ2n) is 5.74. The van der Waals surface area contributed by atoms with Gasteiger partial charge in [-0.2, -0.15) is 0 Å². The van der Waals surface area contributed by atoms with E-state index in [1.165, 1.54) is 13.2 Å². The standard InChI is InChI=1S/C13H18BNO5.2C2H6/c1-12(2)13(3,4)20-14(19-12)9-7-6-8-10(15(16)17)11(9)18-5;2*1-2/h6-8H,1-5H3;2*1-2H3. The molecule has 0 aliphatic carbocycles. The highest BCUT2D eigenvalue weighted by Gasteiger charge is 2.53. The van der Waals surface area contributed by atoms with Crippen LogP contribution in [-0.2, 0) is 9.31 Å². The van der Waals surface area contributed by atoms with Gasteiger partial charge in [0.2, 0.25) is 0 Å². The van der Waals surface area contributed by atoms with E-state index in [9.17, 15) is 10.1 Å². The fourth-order valence-corrected chi connectivity index (χ4v) is 2.06. The first kappa shape index (κ1) is 22.4. The van der Waals surface area contributed by atoms with E-state index in [1.807, 2.05) is 55.4 Å². The fraction of sp³-hybridized carbons (Fsp3) is 0.647. The monoisotopic (exact) mass is 339 g/mol. The van der Waals surface area contributed by atoms with Crippen LogP contribution >= 0.6 is 0 Å². The molecule has 0 spiro atoms. The molecule has 1 aromatic carbocycles. The highest BCUT2D eigenvalue weighted by Crippen LogP contribution is 2.38. The van der Waals surface area contributed by atoms with Gasteiger partial charge in [0.25, 0.3) is 0 Å². The lowest BCUT2D eigenvalue weighted by Gasteiger charge is -2.32. The summed E-state index contributed by atoms with van der Waals surface area (Å²) in [6.07, 6.45) is 0.